The van der Waals surface area contributed by atoms with Crippen molar-refractivity contribution in [3.05, 3.63) is 125 Å². The second-order valence-corrected chi connectivity index (χ2v) is 20.7. The van der Waals surface area contributed by atoms with Crippen LogP contribution in [0.1, 0.15) is 142 Å². The number of thiophene rings is 2. The van der Waals surface area contributed by atoms with Gasteiger partial charge in [0.15, 0.2) is 0 Å². The van der Waals surface area contributed by atoms with Crippen molar-refractivity contribution in [2.75, 3.05) is 0 Å². The Labute approximate surface area is 344 Å². The maximum absolute atomic E-state index is 2.63. The molecule has 1 aliphatic rings. The average molecular weight is 776 g/mol. The Kier molecular flexibility index (Phi) is 10.7. The highest BCUT2D eigenvalue weighted by molar-refractivity contribution is 7.23. The zero-order valence-electron chi connectivity index (χ0n) is 35.1. The minimum atomic E-state index is -0.0103. The summed E-state index contributed by atoms with van der Waals surface area (Å²) in [7, 11) is 0. The first kappa shape index (κ1) is 38.9. The first-order chi connectivity index (χ1) is 26.9. The molecule has 0 radical (unpaired) electrons. The molecule has 0 amide bonds. The molecule has 0 fully saturated rings. The summed E-state index contributed by atoms with van der Waals surface area (Å²) in [4.78, 5) is 4.09. The van der Waals surface area contributed by atoms with E-state index in [9.17, 15) is 0 Å². The molecule has 56 heavy (non-hydrogen) atoms. The van der Waals surface area contributed by atoms with Gasteiger partial charge in [0.05, 0.1) is 11.0 Å². The molecule has 3 heterocycles. The quantitative estimate of drug-likeness (QED) is 0.103. The largest absolute Gasteiger partial charge is 0.309 e. The summed E-state index contributed by atoms with van der Waals surface area (Å²) in [6, 6.07) is 38.6. The van der Waals surface area contributed by atoms with Crippen molar-refractivity contribution in [2.45, 2.75) is 136 Å². The van der Waals surface area contributed by atoms with E-state index in [4.69, 9.17) is 0 Å². The average Bonchev–Trinajstić information content (AvgIpc) is 3.99. The summed E-state index contributed by atoms with van der Waals surface area (Å²) >= 11 is 3.77. The number of benzene rings is 4. The number of hydrogen-bond acceptors (Lipinski definition) is 2. The Morgan fingerprint density at radius 2 is 1.11 bits per heavy atom. The molecule has 0 aliphatic heterocycles. The molecule has 0 saturated heterocycles. The van der Waals surface area contributed by atoms with E-state index in [1.807, 2.05) is 22.7 Å². The Morgan fingerprint density at radius 3 is 1.66 bits per heavy atom. The van der Waals surface area contributed by atoms with Gasteiger partial charge in [-0.15, -0.1) is 22.7 Å². The van der Waals surface area contributed by atoms with Crippen molar-refractivity contribution >= 4 is 44.5 Å². The molecular weight excluding hydrogens is 715 g/mol. The molecule has 3 heteroatoms. The van der Waals surface area contributed by atoms with Crippen LogP contribution in [0.2, 0.25) is 0 Å². The fraction of sp³-hybridized carbons (Fsp3) is 0.396. The highest BCUT2D eigenvalue weighted by Crippen LogP contribution is 2.56. The van der Waals surface area contributed by atoms with Gasteiger partial charge in [-0.25, -0.2) is 0 Å². The van der Waals surface area contributed by atoms with E-state index in [2.05, 4.69) is 162 Å². The standard InChI is InChI=1S/C53H61NS2/c1-9-11-13-15-29-53(30-16-14-12-10-2)44-32-36(48-27-28-50(56-48)49-18-17-31-55-49)19-23-40(44)41-24-22-39(35-45(41)53)54-46-25-20-37(51(3,4)5)33-42(46)43-34-38(52(6,7)8)21-26-47(43)54/h17-28,31-35H,9-16,29-30H2,1-8H3. The molecule has 0 atom stereocenters. The predicted octanol–water partition coefficient (Wildman–Crippen LogP) is 17.0. The monoisotopic (exact) mass is 775 g/mol. The van der Waals surface area contributed by atoms with Crippen LogP contribution in [0.15, 0.2) is 102 Å². The predicted molar refractivity (Wildman–Crippen MR) is 249 cm³/mol. The number of aromatic nitrogens is 1. The summed E-state index contributed by atoms with van der Waals surface area (Å²) in [6.45, 7) is 18.7. The molecule has 1 aliphatic carbocycles. The topological polar surface area (TPSA) is 4.93 Å². The molecule has 8 rings (SSSR count). The normalized spacial score (nSPS) is 13.9. The summed E-state index contributed by atoms with van der Waals surface area (Å²) in [5.74, 6) is 0. The van der Waals surface area contributed by atoms with Crippen molar-refractivity contribution < 1.29 is 0 Å². The first-order valence-corrected chi connectivity index (χ1v) is 23.2. The third kappa shape index (κ3) is 7.13. The number of unbranched alkanes of at least 4 members (excludes halogenated alkanes) is 6. The van der Waals surface area contributed by atoms with Crippen molar-refractivity contribution in [3.63, 3.8) is 0 Å². The molecule has 4 aromatic carbocycles. The van der Waals surface area contributed by atoms with Crippen molar-refractivity contribution in [1.82, 2.24) is 4.57 Å². The van der Waals surface area contributed by atoms with Crippen LogP contribution >= 0.6 is 22.7 Å². The summed E-state index contributed by atoms with van der Waals surface area (Å²) in [5.41, 5.74) is 14.2. The summed E-state index contributed by atoms with van der Waals surface area (Å²) < 4.78 is 2.58. The van der Waals surface area contributed by atoms with Gasteiger partial charge >= 0.3 is 0 Å². The van der Waals surface area contributed by atoms with Gasteiger partial charge in [0, 0.05) is 36.5 Å². The summed E-state index contributed by atoms with van der Waals surface area (Å²) in [5, 5.41) is 4.90. The lowest BCUT2D eigenvalue weighted by Gasteiger charge is -2.33. The highest BCUT2D eigenvalue weighted by Gasteiger charge is 2.43. The zero-order chi connectivity index (χ0) is 39.2. The van der Waals surface area contributed by atoms with Gasteiger partial charge in [-0.3, -0.25) is 0 Å². The van der Waals surface area contributed by atoms with Crippen LogP contribution in [-0.4, -0.2) is 4.57 Å². The van der Waals surface area contributed by atoms with Crippen molar-refractivity contribution in [1.29, 1.82) is 0 Å². The van der Waals surface area contributed by atoms with Crippen molar-refractivity contribution in [2.24, 2.45) is 0 Å². The molecule has 0 bridgehead atoms. The van der Waals surface area contributed by atoms with E-state index < -0.39 is 0 Å². The van der Waals surface area contributed by atoms with Gasteiger partial charge in [-0.2, -0.15) is 0 Å². The van der Waals surface area contributed by atoms with Gasteiger partial charge in [0.1, 0.15) is 0 Å². The van der Waals surface area contributed by atoms with Gasteiger partial charge in [0.25, 0.3) is 0 Å². The van der Waals surface area contributed by atoms with Crippen LogP contribution in [0.3, 0.4) is 0 Å². The van der Waals surface area contributed by atoms with Gasteiger partial charge in [0.2, 0.25) is 0 Å². The first-order valence-electron chi connectivity index (χ1n) is 21.5. The third-order valence-corrected chi connectivity index (χ3v) is 14.9. The lowest BCUT2D eigenvalue weighted by Crippen LogP contribution is -2.26. The minimum Gasteiger partial charge on any atom is -0.309 e. The Morgan fingerprint density at radius 1 is 0.536 bits per heavy atom. The third-order valence-electron chi connectivity index (χ3n) is 12.7. The van der Waals surface area contributed by atoms with Crippen LogP contribution < -0.4 is 0 Å². The Hall–Kier alpha value is -3.92. The Bertz CT molecular complexity index is 2390. The van der Waals surface area contributed by atoms with Crippen LogP contribution in [0.5, 0.6) is 0 Å². The van der Waals surface area contributed by atoms with E-state index in [0.717, 1.165) is 0 Å². The number of nitrogens with zero attached hydrogens (tertiary/aromatic N) is 1. The number of rotatable bonds is 13. The number of fused-ring (bicyclic) bond motifs is 6. The molecule has 3 aromatic heterocycles. The molecule has 290 valence electrons. The molecular formula is C53H61NS2. The fourth-order valence-corrected chi connectivity index (χ4v) is 11.3. The van der Waals surface area contributed by atoms with Crippen LogP contribution in [-0.2, 0) is 16.2 Å². The lowest BCUT2D eigenvalue weighted by atomic mass is 9.70. The number of hydrogen-bond donors (Lipinski definition) is 0. The minimum absolute atomic E-state index is 0.0103. The lowest BCUT2D eigenvalue weighted by molar-refractivity contribution is 0.401. The molecule has 0 unspecified atom stereocenters. The van der Waals surface area contributed by atoms with E-state index in [1.165, 1.54) is 134 Å². The summed E-state index contributed by atoms with van der Waals surface area (Å²) in [6.07, 6.45) is 12.7. The molecule has 7 aromatic rings. The van der Waals surface area contributed by atoms with Crippen LogP contribution in [0, 0.1) is 0 Å². The van der Waals surface area contributed by atoms with E-state index in [0.29, 0.717) is 0 Å². The Balaban J connectivity index is 1.32. The van der Waals surface area contributed by atoms with Crippen LogP contribution in [0.4, 0.5) is 0 Å². The van der Waals surface area contributed by atoms with Gasteiger partial charge in [-0.05, 0) is 129 Å². The maximum atomic E-state index is 2.63. The molecule has 0 spiro atoms. The zero-order valence-corrected chi connectivity index (χ0v) is 36.8. The molecule has 1 nitrogen and oxygen atoms in total. The van der Waals surface area contributed by atoms with Crippen LogP contribution in [0.25, 0.3) is 58.8 Å². The van der Waals surface area contributed by atoms with Gasteiger partial charge < -0.3 is 4.57 Å². The molecule has 0 N–H and O–H groups in total. The van der Waals surface area contributed by atoms with Gasteiger partial charge in [-0.1, -0.05) is 143 Å². The van der Waals surface area contributed by atoms with E-state index in [-0.39, 0.29) is 16.2 Å². The molecule has 0 saturated carbocycles. The second-order valence-electron chi connectivity index (χ2n) is 18.6. The maximum Gasteiger partial charge on any atom is 0.0541 e. The van der Waals surface area contributed by atoms with E-state index in [1.54, 1.807) is 11.1 Å². The van der Waals surface area contributed by atoms with Crippen molar-refractivity contribution in [3.8, 4) is 37.0 Å². The highest BCUT2D eigenvalue weighted by atomic mass is 32.1. The SMILES string of the molecule is CCCCCCC1(CCCCCC)c2cc(-c3ccc(-c4cccs4)s3)ccc2-c2ccc(-n3c4ccc(C(C)(C)C)cc4c4cc(C(C)(C)C)ccc43)cc21. The fourth-order valence-electron chi connectivity index (χ4n) is 9.43. The van der Waals surface area contributed by atoms with E-state index >= 15 is 0 Å². The second kappa shape index (κ2) is 15.4. The smallest absolute Gasteiger partial charge is 0.0541 e.